The monoisotopic (exact) mass is 242 g/mol. The maximum atomic E-state index is 9.21. The molecule has 0 aliphatic heterocycles. The zero-order valence-corrected chi connectivity index (χ0v) is 10.5. The molecular weight excluding hydrogens is 224 g/mol. The molecule has 1 aromatic rings. The molecule has 0 aliphatic rings. The molecule has 2 N–H and O–H groups in total. The first-order valence-corrected chi connectivity index (χ1v) is 5.32. The van der Waals surface area contributed by atoms with E-state index in [-0.39, 0.29) is 30.6 Å². The van der Waals surface area contributed by atoms with Crippen LogP contribution in [0.25, 0.3) is 0 Å². The maximum absolute atomic E-state index is 9.21. The highest BCUT2D eigenvalue weighted by Gasteiger charge is 2.15. The minimum absolute atomic E-state index is 0.00597. The van der Waals surface area contributed by atoms with Gasteiger partial charge in [0, 0.05) is 0 Å². The summed E-state index contributed by atoms with van der Waals surface area (Å²) in [4.78, 5) is 11.9. The van der Waals surface area contributed by atoms with Crippen molar-refractivity contribution in [3.63, 3.8) is 0 Å². The van der Waals surface area contributed by atoms with Crippen LogP contribution in [0.15, 0.2) is 0 Å². The molecule has 17 heavy (non-hydrogen) atoms. The third-order valence-electron chi connectivity index (χ3n) is 2.28. The third kappa shape index (κ3) is 3.70. The van der Waals surface area contributed by atoms with Crippen molar-refractivity contribution in [3.8, 4) is 12.0 Å². The van der Waals surface area contributed by atoms with Crippen molar-refractivity contribution >= 4 is 5.95 Å². The number of hydrogen-bond donors (Lipinski definition) is 2. The standard InChI is InChI=1S/C10H18N4O3/c1-6(2)7(5-15)11-8-12-9(16-3)14-10(13-8)17-4/h6-7,15H,5H2,1-4H3,(H,11,12,13,14). The fraction of sp³-hybridized carbons (Fsp3) is 0.700. The van der Waals surface area contributed by atoms with Crippen molar-refractivity contribution in [2.24, 2.45) is 5.92 Å². The van der Waals surface area contributed by atoms with E-state index in [9.17, 15) is 5.11 Å². The fourth-order valence-electron chi connectivity index (χ4n) is 1.17. The van der Waals surface area contributed by atoms with Gasteiger partial charge in [-0.1, -0.05) is 13.8 Å². The van der Waals surface area contributed by atoms with Crippen LogP contribution in [0.2, 0.25) is 0 Å². The number of ether oxygens (including phenoxy) is 2. The predicted octanol–water partition coefficient (Wildman–Crippen LogP) is 0.318. The van der Waals surface area contributed by atoms with Gasteiger partial charge in [-0.3, -0.25) is 0 Å². The molecule has 0 aromatic carbocycles. The zero-order valence-electron chi connectivity index (χ0n) is 10.5. The minimum Gasteiger partial charge on any atom is -0.467 e. The van der Waals surface area contributed by atoms with Gasteiger partial charge in [0.25, 0.3) is 0 Å². The van der Waals surface area contributed by atoms with Gasteiger partial charge in [-0.25, -0.2) is 0 Å². The van der Waals surface area contributed by atoms with Crippen molar-refractivity contribution in [2.45, 2.75) is 19.9 Å². The largest absolute Gasteiger partial charge is 0.467 e. The lowest BCUT2D eigenvalue weighted by atomic mass is 10.1. The molecule has 0 saturated carbocycles. The van der Waals surface area contributed by atoms with Crippen molar-refractivity contribution in [1.29, 1.82) is 0 Å². The summed E-state index contributed by atoms with van der Waals surface area (Å²) in [7, 11) is 2.93. The number of nitrogens with one attached hydrogen (secondary N) is 1. The molecule has 0 amide bonds. The Morgan fingerprint density at radius 1 is 1.12 bits per heavy atom. The molecule has 0 fully saturated rings. The molecule has 0 saturated heterocycles. The molecule has 1 rings (SSSR count). The Bertz CT molecular complexity index is 337. The van der Waals surface area contributed by atoms with E-state index < -0.39 is 0 Å². The van der Waals surface area contributed by atoms with Crippen LogP contribution < -0.4 is 14.8 Å². The Balaban J connectivity index is 2.89. The maximum Gasteiger partial charge on any atom is 0.324 e. The number of methoxy groups -OCH3 is 2. The molecule has 7 heteroatoms. The van der Waals surface area contributed by atoms with Crippen LogP contribution in [0.1, 0.15) is 13.8 Å². The number of aromatic nitrogens is 3. The molecule has 0 aliphatic carbocycles. The number of hydrogen-bond acceptors (Lipinski definition) is 7. The van der Waals surface area contributed by atoms with Gasteiger partial charge in [-0.15, -0.1) is 4.98 Å². The van der Waals surface area contributed by atoms with Gasteiger partial charge in [-0.2, -0.15) is 9.97 Å². The first-order valence-electron chi connectivity index (χ1n) is 5.32. The van der Waals surface area contributed by atoms with E-state index in [1.807, 2.05) is 13.8 Å². The summed E-state index contributed by atoms with van der Waals surface area (Å²) >= 11 is 0. The van der Waals surface area contributed by atoms with Crippen LogP contribution in [0.3, 0.4) is 0 Å². The molecule has 0 radical (unpaired) electrons. The van der Waals surface area contributed by atoms with Crippen LogP contribution in [0.5, 0.6) is 12.0 Å². The summed E-state index contributed by atoms with van der Waals surface area (Å²) in [5, 5.41) is 12.2. The molecule has 1 unspecified atom stereocenters. The average molecular weight is 242 g/mol. The Labute approximate surface area is 100 Å². The van der Waals surface area contributed by atoms with Gasteiger partial charge >= 0.3 is 12.0 Å². The normalized spacial score (nSPS) is 12.4. The highest BCUT2D eigenvalue weighted by molar-refractivity contribution is 5.29. The lowest BCUT2D eigenvalue weighted by molar-refractivity contribution is 0.248. The molecule has 1 atom stereocenters. The summed E-state index contributed by atoms with van der Waals surface area (Å²) in [6.07, 6.45) is 0. The predicted molar refractivity (Wildman–Crippen MR) is 62.3 cm³/mol. The van der Waals surface area contributed by atoms with Gasteiger partial charge < -0.3 is 19.9 Å². The summed E-state index contributed by atoms with van der Waals surface area (Å²) in [6, 6.07) is 0.200. The van der Waals surface area contributed by atoms with E-state index in [1.54, 1.807) is 0 Å². The van der Waals surface area contributed by atoms with Crippen LogP contribution >= 0.6 is 0 Å². The fourth-order valence-corrected chi connectivity index (χ4v) is 1.17. The van der Waals surface area contributed by atoms with Crippen molar-refractivity contribution in [2.75, 3.05) is 26.1 Å². The second-order valence-electron chi connectivity index (χ2n) is 3.81. The number of aliphatic hydroxyl groups excluding tert-OH is 1. The first-order chi connectivity index (χ1) is 8.10. The summed E-state index contributed by atoms with van der Waals surface area (Å²) in [5.74, 6) is 0.565. The quantitative estimate of drug-likeness (QED) is 0.742. The van der Waals surface area contributed by atoms with Gasteiger partial charge in [0.1, 0.15) is 0 Å². The van der Waals surface area contributed by atoms with Crippen LogP contribution in [-0.4, -0.2) is 46.9 Å². The molecule has 7 nitrogen and oxygen atoms in total. The second kappa shape index (κ2) is 6.19. The minimum atomic E-state index is -0.133. The molecule has 0 spiro atoms. The third-order valence-corrected chi connectivity index (χ3v) is 2.28. The second-order valence-corrected chi connectivity index (χ2v) is 3.81. The van der Waals surface area contributed by atoms with E-state index in [0.29, 0.717) is 5.95 Å². The SMILES string of the molecule is COc1nc(NC(CO)C(C)C)nc(OC)n1. The van der Waals surface area contributed by atoms with Gasteiger partial charge in [0.05, 0.1) is 26.9 Å². The Morgan fingerprint density at radius 2 is 1.65 bits per heavy atom. The van der Waals surface area contributed by atoms with Crippen molar-refractivity contribution in [3.05, 3.63) is 0 Å². The van der Waals surface area contributed by atoms with E-state index in [2.05, 4.69) is 20.3 Å². The van der Waals surface area contributed by atoms with E-state index >= 15 is 0 Å². The molecule has 0 bridgehead atoms. The lowest BCUT2D eigenvalue weighted by Gasteiger charge is -2.19. The number of rotatable bonds is 6. The van der Waals surface area contributed by atoms with E-state index in [1.165, 1.54) is 14.2 Å². The van der Waals surface area contributed by atoms with Gasteiger partial charge in [-0.05, 0) is 5.92 Å². The first kappa shape index (κ1) is 13.4. The van der Waals surface area contributed by atoms with Crippen LogP contribution in [-0.2, 0) is 0 Å². The Kier molecular flexibility index (Phi) is 4.89. The van der Waals surface area contributed by atoms with Gasteiger partial charge in [0.15, 0.2) is 0 Å². The highest BCUT2D eigenvalue weighted by Crippen LogP contribution is 2.14. The Hall–Kier alpha value is -1.63. The van der Waals surface area contributed by atoms with E-state index in [0.717, 1.165) is 0 Å². The number of anilines is 1. The zero-order chi connectivity index (χ0) is 12.8. The highest BCUT2D eigenvalue weighted by atomic mass is 16.5. The van der Waals surface area contributed by atoms with Crippen molar-refractivity contribution < 1.29 is 14.6 Å². The Morgan fingerprint density at radius 3 is 2.00 bits per heavy atom. The summed E-state index contributed by atoms with van der Waals surface area (Å²) in [6.45, 7) is 3.97. The molecule has 1 aromatic heterocycles. The van der Waals surface area contributed by atoms with Crippen LogP contribution in [0, 0.1) is 5.92 Å². The lowest BCUT2D eigenvalue weighted by Crippen LogP contribution is -2.30. The van der Waals surface area contributed by atoms with Crippen LogP contribution in [0.4, 0.5) is 5.95 Å². The molecular formula is C10H18N4O3. The topological polar surface area (TPSA) is 89.4 Å². The number of nitrogens with zero attached hydrogens (tertiary/aromatic N) is 3. The smallest absolute Gasteiger partial charge is 0.324 e. The summed E-state index contributed by atoms with van der Waals surface area (Å²) < 4.78 is 9.86. The summed E-state index contributed by atoms with van der Waals surface area (Å²) in [5.41, 5.74) is 0. The molecule has 96 valence electrons. The average Bonchev–Trinajstić information content (AvgIpc) is 2.34. The van der Waals surface area contributed by atoms with Crippen molar-refractivity contribution in [1.82, 2.24) is 15.0 Å². The van der Waals surface area contributed by atoms with Gasteiger partial charge in [0.2, 0.25) is 5.95 Å². The molecule has 1 heterocycles. The van der Waals surface area contributed by atoms with E-state index in [4.69, 9.17) is 9.47 Å². The number of aliphatic hydroxyl groups is 1.